The van der Waals surface area contributed by atoms with Crippen LogP contribution >= 0.6 is 0 Å². The van der Waals surface area contributed by atoms with Crippen LogP contribution in [0.4, 0.5) is 13.2 Å². The number of pyridine rings is 1. The molecule has 0 saturated heterocycles. The monoisotopic (exact) mass is 348 g/mol. The average Bonchev–Trinajstić information content (AvgIpc) is 2.99. The Kier molecular flexibility index (Phi) is 4.48. The van der Waals surface area contributed by atoms with Crippen LogP contribution < -0.4 is 4.74 Å². The Morgan fingerprint density at radius 1 is 1.12 bits per heavy atom. The van der Waals surface area contributed by atoms with Crippen molar-refractivity contribution in [3.63, 3.8) is 0 Å². The van der Waals surface area contributed by atoms with Crippen LogP contribution in [0.1, 0.15) is 16.8 Å². The second-order valence-electron chi connectivity index (χ2n) is 5.70. The molecule has 0 amide bonds. The largest absolute Gasteiger partial charge is 0.573 e. The van der Waals surface area contributed by atoms with Crippen molar-refractivity contribution in [2.45, 2.75) is 26.1 Å². The van der Waals surface area contributed by atoms with Crippen molar-refractivity contribution < 1.29 is 22.7 Å². The number of Topliss-reactive ketones (excluding diaryl/α,β-unsaturated/α-hetero) is 1. The summed E-state index contributed by atoms with van der Waals surface area (Å²) < 4.78 is 42.1. The van der Waals surface area contributed by atoms with Crippen molar-refractivity contribution in [1.29, 1.82) is 0 Å². The molecule has 0 N–H and O–H groups in total. The number of hydrogen-bond donors (Lipinski definition) is 0. The standard InChI is InChI=1S/C18H15F3N2O2/c1-12-2-7-17-22-8-9-23(17)16(12)11-14(24)10-13-3-5-15(6-4-13)25-18(19,20)21/h2-9H,10-11H2,1H3. The number of halogens is 3. The minimum atomic E-state index is -4.72. The van der Waals surface area contributed by atoms with Crippen LogP contribution in [0, 0.1) is 6.92 Å². The third kappa shape index (κ3) is 4.17. The fourth-order valence-electron chi connectivity index (χ4n) is 2.66. The van der Waals surface area contributed by atoms with E-state index in [4.69, 9.17) is 0 Å². The van der Waals surface area contributed by atoms with Gasteiger partial charge < -0.3 is 9.14 Å². The Morgan fingerprint density at radius 3 is 2.52 bits per heavy atom. The molecule has 0 unspecified atom stereocenters. The van der Waals surface area contributed by atoms with Gasteiger partial charge in [0.05, 0.1) is 0 Å². The number of ketones is 1. The first-order valence-electron chi connectivity index (χ1n) is 7.60. The van der Waals surface area contributed by atoms with E-state index in [2.05, 4.69) is 9.72 Å². The van der Waals surface area contributed by atoms with Gasteiger partial charge in [-0.3, -0.25) is 4.79 Å². The van der Waals surface area contributed by atoms with Crippen molar-refractivity contribution in [1.82, 2.24) is 9.38 Å². The summed E-state index contributed by atoms with van der Waals surface area (Å²) in [6.07, 6.45) is -0.897. The maximum Gasteiger partial charge on any atom is 0.573 e. The highest BCUT2D eigenvalue weighted by Crippen LogP contribution is 2.23. The molecule has 0 spiro atoms. The van der Waals surface area contributed by atoms with Crippen LogP contribution in [0.2, 0.25) is 0 Å². The number of imidazole rings is 1. The molecule has 0 atom stereocenters. The zero-order valence-electron chi connectivity index (χ0n) is 13.4. The van der Waals surface area contributed by atoms with Gasteiger partial charge in [0.25, 0.3) is 0 Å². The first-order chi connectivity index (χ1) is 11.8. The maximum absolute atomic E-state index is 12.4. The van der Waals surface area contributed by atoms with Crippen LogP contribution in [0.15, 0.2) is 48.8 Å². The highest BCUT2D eigenvalue weighted by Gasteiger charge is 2.30. The molecule has 0 radical (unpaired) electrons. The molecule has 25 heavy (non-hydrogen) atoms. The summed E-state index contributed by atoms with van der Waals surface area (Å²) in [7, 11) is 0. The molecule has 0 bridgehead atoms. The van der Waals surface area contributed by atoms with Gasteiger partial charge in [0.1, 0.15) is 17.2 Å². The van der Waals surface area contributed by atoms with Crippen molar-refractivity contribution in [2.75, 3.05) is 0 Å². The molecule has 0 saturated carbocycles. The van der Waals surface area contributed by atoms with Gasteiger partial charge in [-0.2, -0.15) is 0 Å². The van der Waals surface area contributed by atoms with Gasteiger partial charge in [0.15, 0.2) is 0 Å². The maximum atomic E-state index is 12.4. The van der Waals surface area contributed by atoms with E-state index in [1.54, 1.807) is 12.4 Å². The van der Waals surface area contributed by atoms with E-state index in [1.165, 1.54) is 24.3 Å². The van der Waals surface area contributed by atoms with Gasteiger partial charge in [-0.15, -0.1) is 13.2 Å². The molecule has 0 aliphatic rings. The average molecular weight is 348 g/mol. The lowest BCUT2D eigenvalue weighted by Gasteiger charge is -2.10. The summed E-state index contributed by atoms with van der Waals surface area (Å²) in [5.74, 6) is -0.337. The second kappa shape index (κ2) is 6.58. The van der Waals surface area contributed by atoms with Gasteiger partial charge in [-0.05, 0) is 36.2 Å². The molecule has 2 aromatic heterocycles. The number of ether oxygens (including phenoxy) is 1. The normalized spacial score (nSPS) is 11.7. The van der Waals surface area contributed by atoms with E-state index in [-0.39, 0.29) is 24.4 Å². The molecule has 2 heterocycles. The van der Waals surface area contributed by atoms with Gasteiger partial charge >= 0.3 is 6.36 Å². The van der Waals surface area contributed by atoms with Crippen molar-refractivity contribution in [3.05, 3.63) is 65.6 Å². The fraction of sp³-hybridized carbons (Fsp3) is 0.222. The molecule has 0 aliphatic heterocycles. The Morgan fingerprint density at radius 2 is 1.84 bits per heavy atom. The Hall–Kier alpha value is -2.83. The smallest absolute Gasteiger partial charge is 0.406 e. The van der Waals surface area contributed by atoms with Crippen LogP contribution in [0.3, 0.4) is 0 Å². The summed E-state index contributed by atoms with van der Waals surface area (Å²) >= 11 is 0. The van der Waals surface area contributed by atoms with E-state index >= 15 is 0 Å². The van der Waals surface area contributed by atoms with E-state index in [0.717, 1.165) is 16.9 Å². The third-order valence-electron chi connectivity index (χ3n) is 3.82. The summed E-state index contributed by atoms with van der Waals surface area (Å²) in [6, 6.07) is 9.13. The molecule has 130 valence electrons. The van der Waals surface area contributed by atoms with Gasteiger partial charge in [0, 0.05) is 30.9 Å². The van der Waals surface area contributed by atoms with Crippen molar-refractivity contribution in [2.24, 2.45) is 0 Å². The lowest BCUT2D eigenvalue weighted by atomic mass is 10.0. The van der Waals surface area contributed by atoms with Crippen LogP contribution in [0.25, 0.3) is 5.65 Å². The Balaban J connectivity index is 1.70. The molecular weight excluding hydrogens is 333 g/mol. The van der Waals surface area contributed by atoms with Crippen LogP contribution in [0.5, 0.6) is 5.75 Å². The summed E-state index contributed by atoms with van der Waals surface area (Å²) in [6.45, 7) is 1.92. The van der Waals surface area contributed by atoms with Crippen molar-refractivity contribution >= 4 is 11.4 Å². The number of carbonyl (C=O) groups is 1. The molecular formula is C18H15F3N2O2. The van der Waals surface area contributed by atoms with E-state index in [1.807, 2.05) is 23.5 Å². The highest BCUT2D eigenvalue weighted by molar-refractivity contribution is 5.83. The SMILES string of the molecule is Cc1ccc2nccn2c1CC(=O)Cc1ccc(OC(F)(F)F)cc1. The van der Waals surface area contributed by atoms with Gasteiger partial charge in [-0.25, -0.2) is 4.98 Å². The Labute approximate surface area is 141 Å². The molecule has 0 fully saturated rings. The van der Waals surface area contributed by atoms with Gasteiger partial charge in [0.2, 0.25) is 0 Å². The predicted molar refractivity (Wildman–Crippen MR) is 85.5 cm³/mol. The molecule has 4 nitrogen and oxygen atoms in total. The number of aromatic nitrogens is 2. The minimum Gasteiger partial charge on any atom is -0.406 e. The number of nitrogens with zero attached hydrogens (tertiary/aromatic N) is 2. The zero-order valence-corrected chi connectivity index (χ0v) is 13.4. The lowest BCUT2D eigenvalue weighted by molar-refractivity contribution is -0.274. The van der Waals surface area contributed by atoms with Gasteiger partial charge in [-0.1, -0.05) is 18.2 Å². The number of fused-ring (bicyclic) bond motifs is 1. The summed E-state index contributed by atoms with van der Waals surface area (Å²) in [4.78, 5) is 16.6. The molecule has 0 aliphatic carbocycles. The van der Waals surface area contributed by atoms with Crippen LogP contribution in [-0.2, 0) is 17.6 Å². The van der Waals surface area contributed by atoms with Crippen LogP contribution in [-0.4, -0.2) is 21.5 Å². The highest BCUT2D eigenvalue weighted by atomic mass is 19.4. The third-order valence-corrected chi connectivity index (χ3v) is 3.82. The summed E-state index contributed by atoms with van der Waals surface area (Å²) in [5, 5.41) is 0. The molecule has 7 heteroatoms. The van der Waals surface area contributed by atoms with E-state index in [9.17, 15) is 18.0 Å². The predicted octanol–water partition coefficient (Wildman–Crippen LogP) is 3.90. The van der Waals surface area contributed by atoms with Crippen molar-refractivity contribution in [3.8, 4) is 5.75 Å². The molecule has 3 aromatic rings. The number of alkyl halides is 3. The first kappa shape index (κ1) is 17.0. The molecule has 1 aromatic carbocycles. The lowest BCUT2D eigenvalue weighted by Crippen LogP contribution is -2.17. The minimum absolute atomic E-state index is 0.0335. The summed E-state index contributed by atoms with van der Waals surface area (Å²) in [5.41, 5.74) is 3.24. The quantitative estimate of drug-likeness (QED) is 0.702. The number of carbonyl (C=O) groups excluding carboxylic acids is 1. The number of benzene rings is 1. The molecule has 3 rings (SSSR count). The number of hydrogen-bond acceptors (Lipinski definition) is 3. The topological polar surface area (TPSA) is 43.6 Å². The Bertz CT molecular complexity index is 899. The first-order valence-corrected chi connectivity index (χ1v) is 7.60. The van der Waals surface area contributed by atoms with E-state index in [0.29, 0.717) is 5.56 Å². The second-order valence-corrected chi connectivity index (χ2v) is 5.70. The number of rotatable bonds is 5. The van der Waals surface area contributed by atoms with E-state index < -0.39 is 6.36 Å². The fourth-order valence-corrected chi connectivity index (χ4v) is 2.66. The number of aryl methyl sites for hydroxylation is 1. The zero-order chi connectivity index (χ0) is 18.0.